The zero-order chi connectivity index (χ0) is 14.8. The van der Waals surface area contributed by atoms with Crippen molar-refractivity contribution in [2.24, 2.45) is 0 Å². The zero-order valence-corrected chi connectivity index (χ0v) is 12.7. The minimum absolute atomic E-state index is 0.317. The third kappa shape index (κ3) is 2.96. The summed E-state index contributed by atoms with van der Waals surface area (Å²) in [6.45, 7) is 0. The molecule has 3 aromatic rings. The van der Waals surface area contributed by atoms with Gasteiger partial charge in [-0.15, -0.1) is 0 Å². The highest BCUT2D eigenvalue weighted by atomic mass is 79.9. The van der Waals surface area contributed by atoms with Gasteiger partial charge < -0.3 is 5.11 Å². The molecular formula is C17H13BrFNO. The standard InChI is InChI=1S/C17H13BrFNO/c18-17-13(3-1-5-14(17)19)10-16(21)12-6-7-15-11(9-12)4-2-8-20-15/h1-9,16,21H,10H2. The Bertz CT molecular complexity index is 791. The van der Waals surface area contributed by atoms with E-state index in [1.54, 1.807) is 18.3 Å². The van der Waals surface area contributed by atoms with Crippen LogP contribution in [0.25, 0.3) is 10.9 Å². The van der Waals surface area contributed by atoms with Crippen molar-refractivity contribution >= 4 is 26.8 Å². The van der Waals surface area contributed by atoms with Crippen LogP contribution in [0.3, 0.4) is 0 Å². The van der Waals surface area contributed by atoms with Gasteiger partial charge >= 0.3 is 0 Å². The summed E-state index contributed by atoms with van der Waals surface area (Å²) >= 11 is 3.22. The molecule has 2 aromatic carbocycles. The van der Waals surface area contributed by atoms with Gasteiger partial charge in [-0.1, -0.05) is 24.3 Å². The SMILES string of the molecule is OC(Cc1cccc(F)c1Br)c1ccc2ncccc2c1. The third-order valence-electron chi connectivity index (χ3n) is 3.46. The van der Waals surface area contributed by atoms with Crippen LogP contribution in [0.1, 0.15) is 17.2 Å². The molecule has 3 rings (SSSR count). The summed E-state index contributed by atoms with van der Waals surface area (Å²) in [5.74, 6) is -0.317. The van der Waals surface area contributed by atoms with E-state index in [9.17, 15) is 9.50 Å². The molecule has 0 radical (unpaired) electrons. The van der Waals surface area contributed by atoms with Gasteiger partial charge in [-0.05, 0) is 51.3 Å². The average Bonchev–Trinajstić information content (AvgIpc) is 2.51. The first-order valence-corrected chi connectivity index (χ1v) is 7.40. The minimum Gasteiger partial charge on any atom is -0.388 e. The predicted molar refractivity (Wildman–Crippen MR) is 84.5 cm³/mol. The summed E-state index contributed by atoms with van der Waals surface area (Å²) in [6.07, 6.45) is 1.40. The number of aliphatic hydroxyl groups is 1. The van der Waals surface area contributed by atoms with Crippen molar-refractivity contribution in [1.82, 2.24) is 4.98 Å². The lowest BCUT2D eigenvalue weighted by Crippen LogP contribution is -2.03. The molecule has 0 spiro atoms. The number of pyridine rings is 1. The quantitative estimate of drug-likeness (QED) is 0.762. The van der Waals surface area contributed by atoms with Gasteiger partial charge in [-0.3, -0.25) is 4.98 Å². The minimum atomic E-state index is -0.687. The van der Waals surface area contributed by atoms with Gasteiger partial charge in [0.2, 0.25) is 0 Å². The monoisotopic (exact) mass is 345 g/mol. The van der Waals surface area contributed by atoms with Gasteiger partial charge in [0.1, 0.15) is 5.82 Å². The van der Waals surface area contributed by atoms with E-state index in [1.807, 2.05) is 30.3 Å². The van der Waals surface area contributed by atoms with Gasteiger partial charge in [-0.25, -0.2) is 4.39 Å². The lowest BCUT2D eigenvalue weighted by atomic mass is 10.00. The summed E-state index contributed by atoms with van der Waals surface area (Å²) in [5, 5.41) is 11.4. The molecule has 0 amide bonds. The Hall–Kier alpha value is -1.78. The number of aromatic nitrogens is 1. The first-order chi connectivity index (χ1) is 10.1. The second kappa shape index (κ2) is 5.92. The van der Waals surface area contributed by atoms with Crippen LogP contribution in [0.4, 0.5) is 4.39 Å². The normalized spacial score (nSPS) is 12.5. The number of benzene rings is 2. The number of fused-ring (bicyclic) bond motifs is 1. The zero-order valence-electron chi connectivity index (χ0n) is 11.1. The van der Waals surface area contributed by atoms with E-state index < -0.39 is 6.10 Å². The second-order valence-electron chi connectivity index (χ2n) is 4.89. The summed E-state index contributed by atoms with van der Waals surface area (Å²) in [6, 6.07) is 14.3. The summed E-state index contributed by atoms with van der Waals surface area (Å²) < 4.78 is 13.9. The van der Waals surface area contributed by atoms with E-state index in [0.29, 0.717) is 10.9 Å². The molecule has 21 heavy (non-hydrogen) atoms. The molecule has 106 valence electrons. The van der Waals surface area contributed by atoms with Crippen molar-refractivity contribution in [3.63, 3.8) is 0 Å². The van der Waals surface area contributed by atoms with Crippen molar-refractivity contribution < 1.29 is 9.50 Å². The molecule has 0 aliphatic carbocycles. The van der Waals surface area contributed by atoms with Crippen molar-refractivity contribution in [2.75, 3.05) is 0 Å². The Labute approximate surface area is 130 Å². The van der Waals surface area contributed by atoms with Gasteiger partial charge in [0.05, 0.1) is 16.1 Å². The average molecular weight is 346 g/mol. The highest BCUT2D eigenvalue weighted by Gasteiger charge is 2.13. The van der Waals surface area contributed by atoms with Crippen LogP contribution < -0.4 is 0 Å². The molecular weight excluding hydrogens is 333 g/mol. The smallest absolute Gasteiger partial charge is 0.137 e. The maximum absolute atomic E-state index is 13.5. The molecule has 1 unspecified atom stereocenters. The molecule has 0 aliphatic heterocycles. The van der Waals surface area contributed by atoms with E-state index in [0.717, 1.165) is 22.0 Å². The van der Waals surface area contributed by atoms with Crippen molar-refractivity contribution in [3.8, 4) is 0 Å². The summed E-state index contributed by atoms with van der Waals surface area (Å²) in [5.41, 5.74) is 2.43. The summed E-state index contributed by atoms with van der Waals surface area (Å²) in [7, 11) is 0. The molecule has 1 aromatic heterocycles. The number of nitrogens with zero attached hydrogens (tertiary/aromatic N) is 1. The number of halogens is 2. The van der Waals surface area contributed by atoms with Crippen LogP contribution in [0.5, 0.6) is 0 Å². The van der Waals surface area contributed by atoms with Crippen LogP contribution in [0.2, 0.25) is 0 Å². The van der Waals surface area contributed by atoms with Crippen LogP contribution in [-0.4, -0.2) is 10.1 Å². The van der Waals surface area contributed by atoms with E-state index in [-0.39, 0.29) is 5.82 Å². The van der Waals surface area contributed by atoms with Crippen LogP contribution >= 0.6 is 15.9 Å². The number of hydrogen-bond donors (Lipinski definition) is 1. The van der Waals surface area contributed by atoms with Crippen LogP contribution in [0, 0.1) is 5.82 Å². The van der Waals surface area contributed by atoms with Crippen LogP contribution in [0.15, 0.2) is 59.2 Å². The van der Waals surface area contributed by atoms with Gasteiger partial charge in [-0.2, -0.15) is 0 Å². The topological polar surface area (TPSA) is 33.1 Å². The lowest BCUT2D eigenvalue weighted by molar-refractivity contribution is 0.178. The Morgan fingerprint density at radius 3 is 2.86 bits per heavy atom. The number of hydrogen-bond acceptors (Lipinski definition) is 2. The highest BCUT2D eigenvalue weighted by molar-refractivity contribution is 9.10. The Balaban J connectivity index is 1.89. The predicted octanol–water partition coefficient (Wildman–Crippen LogP) is 4.41. The van der Waals surface area contributed by atoms with Gasteiger partial charge in [0.25, 0.3) is 0 Å². The van der Waals surface area contributed by atoms with E-state index in [2.05, 4.69) is 20.9 Å². The number of aliphatic hydroxyl groups excluding tert-OH is 1. The van der Waals surface area contributed by atoms with Gasteiger partial charge in [0.15, 0.2) is 0 Å². The fourth-order valence-electron chi connectivity index (χ4n) is 2.33. The highest BCUT2D eigenvalue weighted by Crippen LogP contribution is 2.27. The molecule has 0 bridgehead atoms. The van der Waals surface area contributed by atoms with Crippen molar-refractivity contribution in [2.45, 2.75) is 12.5 Å². The molecule has 0 saturated heterocycles. The van der Waals surface area contributed by atoms with E-state index in [4.69, 9.17) is 0 Å². The van der Waals surface area contributed by atoms with E-state index in [1.165, 1.54) is 6.07 Å². The Morgan fingerprint density at radius 1 is 1.14 bits per heavy atom. The van der Waals surface area contributed by atoms with Crippen molar-refractivity contribution in [1.29, 1.82) is 0 Å². The molecule has 2 nitrogen and oxygen atoms in total. The molecule has 0 aliphatic rings. The van der Waals surface area contributed by atoms with Crippen LogP contribution in [-0.2, 0) is 6.42 Å². The maximum atomic E-state index is 13.5. The Morgan fingerprint density at radius 2 is 2.00 bits per heavy atom. The van der Waals surface area contributed by atoms with E-state index >= 15 is 0 Å². The maximum Gasteiger partial charge on any atom is 0.137 e. The molecule has 0 saturated carbocycles. The largest absolute Gasteiger partial charge is 0.388 e. The summed E-state index contributed by atoms with van der Waals surface area (Å²) in [4.78, 5) is 4.25. The first-order valence-electron chi connectivity index (χ1n) is 6.61. The number of rotatable bonds is 3. The van der Waals surface area contributed by atoms with Gasteiger partial charge in [0, 0.05) is 18.0 Å². The first kappa shape index (κ1) is 14.2. The third-order valence-corrected chi connectivity index (χ3v) is 4.34. The second-order valence-corrected chi connectivity index (χ2v) is 5.68. The molecule has 1 N–H and O–H groups in total. The fourth-order valence-corrected chi connectivity index (χ4v) is 2.76. The van der Waals surface area contributed by atoms with Crippen molar-refractivity contribution in [3.05, 3.63) is 76.1 Å². The molecule has 4 heteroatoms. The fraction of sp³-hybridized carbons (Fsp3) is 0.118. The lowest BCUT2D eigenvalue weighted by Gasteiger charge is -2.13. The molecule has 1 atom stereocenters. The molecule has 0 fully saturated rings. The molecule has 1 heterocycles. The Kier molecular flexibility index (Phi) is 3.99.